The van der Waals surface area contributed by atoms with E-state index in [9.17, 15) is 24.3 Å². The van der Waals surface area contributed by atoms with Crippen LogP contribution in [-0.4, -0.2) is 117 Å². The number of carbonyl (C=O) groups is 4. The minimum atomic E-state index is -0.919. The molecule has 2 saturated heterocycles. The van der Waals surface area contributed by atoms with Gasteiger partial charge in [0.05, 0.1) is 24.2 Å². The number of rotatable bonds is 13. The first-order valence-corrected chi connectivity index (χ1v) is 17.9. The summed E-state index contributed by atoms with van der Waals surface area (Å²) < 4.78 is 1.91. The molecule has 0 unspecified atom stereocenters. The molecule has 0 spiro atoms. The van der Waals surface area contributed by atoms with Gasteiger partial charge in [-0.15, -0.1) is 6.58 Å². The lowest BCUT2D eigenvalue weighted by molar-refractivity contribution is -0.189. The third kappa shape index (κ3) is 8.21. The second-order valence-electron chi connectivity index (χ2n) is 13.9. The fourth-order valence-electron chi connectivity index (χ4n) is 7.31. The molecular formula is C40H48N8O5. The topological polar surface area (TPSA) is 134 Å². The molecule has 13 nitrogen and oxygen atoms in total. The number of piperazine rings is 1. The molecule has 0 aliphatic carbocycles. The SMILES string of the molecule is C=CCN1CC(=O)N2[C@@H](Cc3ccc(O)cc3)C(=O)N(Cc3cccc4c(C(=O)NCCCN(C)C)cn(C)c34)C[C@@H]2N1C(=O)NCc1ccccc1. The number of hydrazine groups is 1. The van der Waals surface area contributed by atoms with E-state index in [-0.39, 0.29) is 62.6 Å². The van der Waals surface area contributed by atoms with Gasteiger partial charge >= 0.3 is 6.03 Å². The second kappa shape index (κ2) is 16.3. The van der Waals surface area contributed by atoms with E-state index in [1.54, 1.807) is 50.2 Å². The summed E-state index contributed by atoms with van der Waals surface area (Å²) in [7, 11) is 5.87. The highest BCUT2D eigenvalue weighted by molar-refractivity contribution is 6.07. The van der Waals surface area contributed by atoms with E-state index >= 15 is 0 Å². The van der Waals surface area contributed by atoms with Crippen LogP contribution in [0.25, 0.3) is 10.9 Å². The van der Waals surface area contributed by atoms with Crippen molar-refractivity contribution < 1.29 is 24.3 Å². The van der Waals surface area contributed by atoms with Crippen molar-refractivity contribution in [2.45, 2.75) is 38.1 Å². The zero-order valence-corrected chi connectivity index (χ0v) is 30.6. The molecule has 3 heterocycles. The maximum Gasteiger partial charge on any atom is 0.334 e. The lowest BCUT2D eigenvalue weighted by Gasteiger charge is -2.55. The van der Waals surface area contributed by atoms with Gasteiger partial charge in [-0.3, -0.25) is 14.4 Å². The molecule has 3 N–H and O–H groups in total. The molecule has 1 aromatic heterocycles. The van der Waals surface area contributed by atoms with Crippen LogP contribution in [-0.2, 0) is 36.1 Å². The van der Waals surface area contributed by atoms with Crippen molar-refractivity contribution in [2.75, 3.05) is 46.8 Å². The number of hydrogen-bond donors (Lipinski definition) is 3. The van der Waals surface area contributed by atoms with Crippen LogP contribution in [0.3, 0.4) is 0 Å². The number of aromatic hydroxyl groups is 1. The smallest absolute Gasteiger partial charge is 0.334 e. The van der Waals surface area contributed by atoms with Gasteiger partial charge in [-0.05, 0) is 55.9 Å². The first-order chi connectivity index (χ1) is 25.5. The van der Waals surface area contributed by atoms with Gasteiger partial charge in [0.1, 0.15) is 18.0 Å². The highest BCUT2D eigenvalue weighted by Crippen LogP contribution is 2.31. The van der Waals surface area contributed by atoms with Crippen molar-refractivity contribution in [1.29, 1.82) is 0 Å². The Balaban J connectivity index is 1.34. The third-order valence-electron chi connectivity index (χ3n) is 9.79. The Hall–Kier alpha value is -5.66. The van der Waals surface area contributed by atoms with Gasteiger partial charge in [-0.1, -0.05) is 66.7 Å². The van der Waals surface area contributed by atoms with Crippen molar-refractivity contribution in [1.82, 2.24) is 39.9 Å². The standard InChI is InChI=1S/C40H48N8O5/c1-5-20-46-27-36(50)47-34(22-28-15-17-31(49)18-16-28)39(52)45(26-35(47)48(46)40(53)42-23-29-11-7-6-8-12-29)24-30-13-9-14-32-33(25-44(4)37(30)32)38(51)41-19-10-21-43(2)3/h5-9,11-18,25,34-35,49H,1,10,19-24,26-27H2,2-4H3,(H,41,51)(H,42,53)/t34-,35-/m0/s1. The molecule has 3 aromatic carbocycles. The summed E-state index contributed by atoms with van der Waals surface area (Å²) in [5.41, 5.74) is 3.88. The number of phenols is 1. The molecule has 6 rings (SSSR count). The molecule has 13 heteroatoms. The van der Waals surface area contributed by atoms with Gasteiger partial charge in [0.15, 0.2) is 0 Å². The van der Waals surface area contributed by atoms with Crippen molar-refractivity contribution in [2.24, 2.45) is 7.05 Å². The van der Waals surface area contributed by atoms with Crippen molar-refractivity contribution in [3.05, 3.63) is 114 Å². The van der Waals surface area contributed by atoms with Crippen LogP contribution in [0.4, 0.5) is 4.79 Å². The fourth-order valence-corrected chi connectivity index (χ4v) is 7.31. The van der Waals surface area contributed by atoms with Gasteiger partial charge in [0.25, 0.3) is 5.91 Å². The Labute approximate surface area is 310 Å². The highest BCUT2D eigenvalue weighted by atomic mass is 16.3. The summed E-state index contributed by atoms with van der Waals surface area (Å²) in [6.45, 7) is 5.93. The number of hydrogen-bond acceptors (Lipinski definition) is 7. The molecule has 2 aliphatic rings. The van der Waals surface area contributed by atoms with E-state index in [4.69, 9.17) is 0 Å². The van der Waals surface area contributed by atoms with Crippen LogP contribution in [0.15, 0.2) is 91.6 Å². The maximum absolute atomic E-state index is 14.6. The Morgan fingerprint density at radius 3 is 2.45 bits per heavy atom. The number of benzene rings is 3. The molecule has 4 aromatic rings. The molecule has 0 saturated carbocycles. The van der Waals surface area contributed by atoms with E-state index < -0.39 is 18.2 Å². The number of urea groups is 1. The van der Waals surface area contributed by atoms with Crippen LogP contribution in [0.5, 0.6) is 5.75 Å². The lowest BCUT2D eigenvalue weighted by atomic mass is 9.98. The minimum absolute atomic E-state index is 0.0586. The summed E-state index contributed by atoms with van der Waals surface area (Å²) in [5.74, 6) is -0.595. The predicted octanol–water partition coefficient (Wildman–Crippen LogP) is 3.30. The fraction of sp³-hybridized carbons (Fsp3) is 0.350. The molecule has 0 bridgehead atoms. The Kier molecular flexibility index (Phi) is 11.4. The van der Waals surface area contributed by atoms with Crippen molar-refractivity contribution in [3.63, 3.8) is 0 Å². The number of para-hydroxylation sites is 1. The summed E-state index contributed by atoms with van der Waals surface area (Å²) in [6.07, 6.45) is 3.65. The van der Waals surface area contributed by atoms with Gasteiger partial charge in [0.2, 0.25) is 11.8 Å². The highest BCUT2D eigenvalue weighted by Gasteiger charge is 2.51. The number of phenolic OH excluding ortho intramolecular Hbond substituents is 1. The largest absolute Gasteiger partial charge is 0.508 e. The average Bonchev–Trinajstić information content (AvgIpc) is 3.49. The van der Waals surface area contributed by atoms with E-state index in [1.807, 2.05) is 80.4 Å². The summed E-state index contributed by atoms with van der Waals surface area (Å²) in [6, 6.07) is 20.5. The minimum Gasteiger partial charge on any atom is -0.508 e. The van der Waals surface area contributed by atoms with Gasteiger partial charge in [-0.25, -0.2) is 14.8 Å². The number of nitrogens with zero attached hydrogens (tertiary/aromatic N) is 6. The number of carbonyl (C=O) groups excluding carboxylic acids is 4. The molecule has 53 heavy (non-hydrogen) atoms. The number of fused-ring (bicyclic) bond motifs is 2. The second-order valence-corrected chi connectivity index (χ2v) is 13.9. The molecule has 278 valence electrons. The molecular weight excluding hydrogens is 672 g/mol. The normalized spacial score (nSPS) is 17.7. The third-order valence-corrected chi connectivity index (χ3v) is 9.79. The maximum atomic E-state index is 14.6. The number of aromatic nitrogens is 1. The quantitative estimate of drug-likeness (QED) is 0.143. The Morgan fingerprint density at radius 2 is 1.74 bits per heavy atom. The van der Waals surface area contributed by atoms with E-state index in [1.165, 1.54) is 0 Å². The lowest BCUT2D eigenvalue weighted by Crippen LogP contribution is -2.76. The average molecular weight is 721 g/mol. The first kappa shape index (κ1) is 37.1. The zero-order valence-electron chi connectivity index (χ0n) is 30.6. The van der Waals surface area contributed by atoms with Crippen LogP contribution >= 0.6 is 0 Å². The van der Waals surface area contributed by atoms with Crippen molar-refractivity contribution in [3.8, 4) is 5.75 Å². The molecule has 2 fully saturated rings. The first-order valence-electron chi connectivity index (χ1n) is 17.9. The number of aryl methyl sites for hydroxylation is 1. The molecule has 5 amide bonds. The van der Waals surface area contributed by atoms with Crippen LogP contribution < -0.4 is 10.6 Å². The van der Waals surface area contributed by atoms with Gasteiger partial charge in [0, 0.05) is 51.2 Å². The summed E-state index contributed by atoms with van der Waals surface area (Å²) in [5, 5.41) is 20.0. The van der Waals surface area contributed by atoms with Gasteiger partial charge < -0.3 is 35.0 Å². The Morgan fingerprint density at radius 1 is 0.981 bits per heavy atom. The Bertz CT molecular complexity index is 1960. The van der Waals surface area contributed by atoms with Crippen molar-refractivity contribution >= 4 is 34.7 Å². The van der Waals surface area contributed by atoms with E-state index in [2.05, 4.69) is 22.1 Å². The van der Waals surface area contributed by atoms with Crippen LogP contribution in [0, 0.1) is 0 Å². The number of amides is 5. The predicted molar refractivity (Wildman–Crippen MR) is 202 cm³/mol. The molecule has 2 atom stereocenters. The van der Waals surface area contributed by atoms with E-state index in [0.717, 1.165) is 40.6 Å². The van der Waals surface area contributed by atoms with Gasteiger partial charge in [-0.2, -0.15) is 0 Å². The van der Waals surface area contributed by atoms with Crippen LogP contribution in [0.2, 0.25) is 0 Å². The number of nitrogens with one attached hydrogen (secondary N) is 2. The molecule has 2 aliphatic heterocycles. The molecule has 0 radical (unpaired) electrons. The summed E-state index contributed by atoms with van der Waals surface area (Å²) >= 11 is 0. The van der Waals surface area contributed by atoms with E-state index in [0.29, 0.717) is 12.1 Å². The monoisotopic (exact) mass is 720 g/mol. The summed E-state index contributed by atoms with van der Waals surface area (Å²) in [4.78, 5) is 61.3. The zero-order chi connectivity index (χ0) is 37.6. The van der Waals surface area contributed by atoms with Crippen LogP contribution in [0.1, 0.15) is 33.5 Å².